The van der Waals surface area contributed by atoms with Gasteiger partial charge in [-0.05, 0) is 37.5 Å². The third kappa shape index (κ3) is 5.70. The Morgan fingerprint density at radius 3 is 2.36 bits per heavy atom. The zero-order valence-corrected chi connectivity index (χ0v) is 20.5. The molecule has 0 bridgehead atoms. The summed E-state index contributed by atoms with van der Waals surface area (Å²) in [5, 5.41) is 16.2. The minimum absolute atomic E-state index is 0.00462. The molecule has 1 saturated carbocycles. The van der Waals surface area contributed by atoms with Crippen LogP contribution in [0, 0.1) is 6.92 Å². The number of aryl methyl sites for hydroxylation is 1. The number of H-pyrrole nitrogens is 1. The largest absolute Gasteiger partial charge is 0.490 e. The van der Waals surface area contributed by atoms with Crippen molar-refractivity contribution in [2.45, 2.75) is 63.7 Å². The number of hydrogen-bond acceptors (Lipinski definition) is 5. The lowest BCUT2D eigenvalue weighted by Crippen LogP contribution is -2.33. The molecule has 0 amide bonds. The van der Waals surface area contributed by atoms with Gasteiger partial charge in [0, 0.05) is 65.7 Å². The number of alkyl halides is 3. The van der Waals surface area contributed by atoms with Crippen molar-refractivity contribution in [2.24, 2.45) is 0 Å². The smallest absolute Gasteiger partial charge is 0.475 e. The molecular formula is C25H27ClF3N5O2. The fraction of sp³-hybridized carbons (Fsp3) is 0.440. The highest BCUT2D eigenvalue weighted by Crippen LogP contribution is 2.48. The molecule has 1 aliphatic carbocycles. The van der Waals surface area contributed by atoms with Crippen LogP contribution in [0.1, 0.15) is 59.6 Å². The van der Waals surface area contributed by atoms with E-state index < -0.39 is 12.1 Å². The number of carboxylic acid groups (broad SMARTS) is 1. The van der Waals surface area contributed by atoms with Crippen LogP contribution in [0.25, 0.3) is 0 Å². The van der Waals surface area contributed by atoms with Crippen LogP contribution < -0.4 is 0 Å². The maximum atomic E-state index is 10.6. The molecule has 5 rings (SSSR count). The highest BCUT2D eigenvalue weighted by atomic mass is 35.5. The fourth-order valence-electron chi connectivity index (χ4n) is 5.05. The van der Waals surface area contributed by atoms with Gasteiger partial charge in [0.05, 0.1) is 5.69 Å². The second kappa shape index (κ2) is 10.6. The first-order valence-electron chi connectivity index (χ1n) is 11.7. The van der Waals surface area contributed by atoms with Crippen molar-refractivity contribution >= 4 is 17.6 Å². The first-order chi connectivity index (χ1) is 17.1. The fourth-order valence-corrected chi connectivity index (χ4v) is 5.18. The molecule has 0 spiro atoms. The van der Waals surface area contributed by atoms with Crippen LogP contribution in [0.3, 0.4) is 0 Å². The van der Waals surface area contributed by atoms with Gasteiger partial charge in [-0.25, -0.2) is 14.8 Å². The van der Waals surface area contributed by atoms with E-state index in [4.69, 9.17) is 26.6 Å². The Hall–Kier alpha value is -2.98. The summed E-state index contributed by atoms with van der Waals surface area (Å²) >= 11 is 6.17. The molecular weight excluding hydrogens is 495 g/mol. The molecule has 192 valence electrons. The number of carbonyl (C=O) groups is 1. The second-order valence-corrected chi connectivity index (χ2v) is 9.66. The van der Waals surface area contributed by atoms with Crippen molar-refractivity contribution in [1.29, 1.82) is 0 Å². The van der Waals surface area contributed by atoms with Crippen LogP contribution in [-0.2, 0) is 29.7 Å². The lowest BCUT2D eigenvalue weighted by Gasteiger charge is -2.32. The number of halogens is 4. The lowest BCUT2D eigenvalue weighted by molar-refractivity contribution is -0.192. The van der Waals surface area contributed by atoms with E-state index in [1.54, 1.807) is 0 Å². The standard InChI is InChI=1S/C23H26ClN5.C2HF3O2/c1-16-25-12-17(13-26-16)14-29-11-8-21-20(15-29)22(28-27-21)23(9-2-3-10-23)18-4-6-19(24)7-5-18;3-2(4,5)1(6)7/h4-7,12-13H,2-3,8-11,14-15H2,1H3,(H,27,28);(H,6,7). The first kappa shape index (κ1) is 26.1. The molecule has 0 atom stereocenters. The van der Waals surface area contributed by atoms with Gasteiger partial charge >= 0.3 is 12.1 Å². The van der Waals surface area contributed by atoms with Crippen LogP contribution in [0.15, 0.2) is 36.7 Å². The monoisotopic (exact) mass is 521 g/mol. The zero-order chi connectivity index (χ0) is 25.9. The molecule has 1 fully saturated rings. The molecule has 0 saturated heterocycles. The Balaban J connectivity index is 0.000000384. The van der Waals surface area contributed by atoms with E-state index in [-0.39, 0.29) is 5.41 Å². The van der Waals surface area contributed by atoms with Gasteiger partial charge in [0.2, 0.25) is 0 Å². The maximum Gasteiger partial charge on any atom is 0.490 e. The average Bonchev–Trinajstić information content (AvgIpc) is 3.49. The second-order valence-electron chi connectivity index (χ2n) is 9.23. The van der Waals surface area contributed by atoms with E-state index in [9.17, 15) is 13.2 Å². The van der Waals surface area contributed by atoms with E-state index in [0.29, 0.717) is 0 Å². The van der Waals surface area contributed by atoms with Gasteiger partial charge in [-0.2, -0.15) is 18.3 Å². The molecule has 11 heteroatoms. The van der Waals surface area contributed by atoms with E-state index >= 15 is 0 Å². The molecule has 3 aromatic rings. The Labute approximate surface area is 211 Å². The summed E-state index contributed by atoms with van der Waals surface area (Å²) in [6, 6.07) is 8.41. The number of nitrogens with one attached hydrogen (secondary N) is 1. The summed E-state index contributed by atoms with van der Waals surface area (Å²) in [4.78, 5) is 20.1. The zero-order valence-electron chi connectivity index (χ0n) is 19.8. The average molecular weight is 522 g/mol. The molecule has 1 aliphatic heterocycles. The summed E-state index contributed by atoms with van der Waals surface area (Å²) < 4.78 is 31.7. The number of carboxylic acids is 1. The highest BCUT2D eigenvalue weighted by molar-refractivity contribution is 6.30. The van der Waals surface area contributed by atoms with Crippen molar-refractivity contribution in [3.8, 4) is 0 Å². The van der Waals surface area contributed by atoms with Gasteiger partial charge in [0.15, 0.2) is 0 Å². The Kier molecular flexibility index (Phi) is 7.65. The van der Waals surface area contributed by atoms with Gasteiger partial charge in [0.1, 0.15) is 5.82 Å². The van der Waals surface area contributed by atoms with E-state index in [1.807, 2.05) is 31.5 Å². The van der Waals surface area contributed by atoms with Gasteiger partial charge in [-0.1, -0.05) is 36.6 Å². The molecule has 2 aromatic heterocycles. The minimum atomic E-state index is -5.08. The minimum Gasteiger partial charge on any atom is -0.475 e. The normalized spacial score (nSPS) is 17.2. The Morgan fingerprint density at radius 1 is 1.17 bits per heavy atom. The number of aromatic nitrogens is 4. The number of aromatic amines is 1. The van der Waals surface area contributed by atoms with Crippen LogP contribution in [0.2, 0.25) is 5.02 Å². The SMILES string of the molecule is Cc1ncc(CN2CCc3[nH]nc(C4(c5ccc(Cl)cc5)CCCC4)c3C2)cn1.O=C(O)C(F)(F)F. The third-order valence-corrected chi connectivity index (χ3v) is 7.05. The number of hydrogen-bond donors (Lipinski definition) is 2. The Morgan fingerprint density at radius 2 is 1.78 bits per heavy atom. The quantitative estimate of drug-likeness (QED) is 0.489. The van der Waals surface area contributed by atoms with Gasteiger partial charge < -0.3 is 5.11 Å². The summed E-state index contributed by atoms with van der Waals surface area (Å²) in [5.74, 6) is -1.94. The molecule has 2 N–H and O–H groups in total. The van der Waals surface area contributed by atoms with Crippen LogP contribution >= 0.6 is 11.6 Å². The van der Waals surface area contributed by atoms with Crippen LogP contribution in [0.5, 0.6) is 0 Å². The van der Waals surface area contributed by atoms with Gasteiger partial charge in [-0.15, -0.1) is 0 Å². The molecule has 2 aliphatic rings. The van der Waals surface area contributed by atoms with E-state index in [2.05, 4.69) is 32.1 Å². The van der Waals surface area contributed by atoms with Crippen LogP contribution in [-0.4, -0.2) is 48.9 Å². The summed E-state index contributed by atoms with van der Waals surface area (Å²) in [6.45, 7) is 4.74. The predicted molar refractivity (Wildman–Crippen MR) is 128 cm³/mol. The summed E-state index contributed by atoms with van der Waals surface area (Å²) in [7, 11) is 0. The number of aliphatic carboxylic acids is 1. The summed E-state index contributed by atoms with van der Waals surface area (Å²) in [6.07, 6.45) is 4.60. The number of rotatable bonds is 4. The topological polar surface area (TPSA) is 95.0 Å². The molecule has 0 radical (unpaired) electrons. The Bertz CT molecular complexity index is 1190. The molecule has 1 aromatic carbocycles. The third-order valence-electron chi connectivity index (χ3n) is 6.80. The highest BCUT2D eigenvalue weighted by Gasteiger charge is 2.42. The van der Waals surface area contributed by atoms with Gasteiger partial charge in [0.25, 0.3) is 0 Å². The lowest BCUT2D eigenvalue weighted by atomic mass is 9.74. The first-order valence-corrected chi connectivity index (χ1v) is 12.1. The van der Waals surface area contributed by atoms with Crippen molar-refractivity contribution in [3.63, 3.8) is 0 Å². The predicted octanol–water partition coefficient (Wildman–Crippen LogP) is 5.21. The number of fused-ring (bicyclic) bond motifs is 1. The van der Waals surface area contributed by atoms with E-state index in [0.717, 1.165) is 55.3 Å². The molecule has 36 heavy (non-hydrogen) atoms. The van der Waals surface area contributed by atoms with Crippen molar-refractivity contribution in [2.75, 3.05) is 6.54 Å². The maximum absolute atomic E-state index is 10.6. The van der Waals surface area contributed by atoms with Crippen molar-refractivity contribution in [1.82, 2.24) is 25.1 Å². The van der Waals surface area contributed by atoms with E-state index in [1.165, 1.54) is 35.4 Å². The van der Waals surface area contributed by atoms with Crippen molar-refractivity contribution in [3.05, 3.63) is 75.6 Å². The van der Waals surface area contributed by atoms with Crippen molar-refractivity contribution < 1.29 is 23.1 Å². The molecule has 0 unspecified atom stereocenters. The molecule has 7 nitrogen and oxygen atoms in total. The molecule has 3 heterocycles. The summed E-state index contributed by atoms with van der Waals surface area (Å²) in [5.41, 5.74) is 6.45. The number of benzene rings is 1. The van der Waals surface area contributed by atoms with Crippen LogP contribution in [0.4, 0.5) is 13.2 Å². The number of nitrogens with zero attached hydrogens (tertiary/aromatic N) is 4. The van der Waals surface area contributed by atoms with Gasteiger partial charge in [-0.3, -0.25) is 10.00 Å².